The second kappa shape index (κ2) is 5.78. The zero-order valence-corrected chi connectivity index (χ0v) is 12.7. The fraction of sp³-hybridized carbons (Fsp3) is 0.562. The fourth-order valence-corrected chi connectivity index (χ4v) is 3.72. The molecular formula is C16H22N2OS. The van der Waals surface area contributed by atoms with Crippen LogP contribution in [0.5, 0.6) is 0 Å². The van der Waals surface area contributed by atoms with Gasteiger partial charge in [-0.15, -0.1) is 11.8 Å². The number of nitrogens with one attached hydrogen (secondary N) is 2. The number of thioether (sulfide) groups is 1. The molecule has 20 heavy (non-hydrogen) atoms. The zero-order chi connectivity index (χ0) is 14.0. The minimum atomic E-state index is 0.133. The maximum Gasteiger partial charge on any atom is 0.223 e. The van der Waals surface area contributed by atoms with Gasteiger partial charge in [0.2, 0.25) is 5.91 Å². The van der Waals surface area contributed by atoms with E-state index in [2.05, 4.69) is 34.9 Å². The lowest BCUT2D eigenvalue weighted by Crippen LogP contribution is -2.50. The monoisotopic (exact) mass is 290 g/mol. The highest BCUT2D eigenvalue weighted by atomic mass is 32.2. The lowest BCUT2D eigenvalue weighted by molar-refractivity contribution is -0.126. The molecule has 0 radical (unpaired) electrons. The minimum absolute atomic E-state index is 0.133. The van der Waals surface area contributed by atoms with Crippen molar-refractivity contribution >= 4 is 17.7 Å². The highest BCUT2D eigenvalue weighted by molar-refractivity contribution is 8.01. The third kappa shape index (κ3) is 3.18. The molecule has 2 fully saturated rings. The van der Waals surface area contributed by atoms with E-state index in [1.165, 1.54) is 17.7 Å². The van der Waals surface area contributed by atoms with Crippen LogP contribution in [-0.2, 0) is 4.79 Å². The number of carbonyl (C=O) groups excluding carboxylic acids is 1. The van der Waals surface area contributed by atoms with E-state index < -0.39 is 0 Å². The standard InChI is InChI=1S/C16H22N2OS/c1-12(13-9-17-10-13)15(19)18-11-16(7-8-16)20-14-5-3-2-4-6-14/h2-6,12-13,17H,7-11H2,1H3,(H,18,19). The van der Waals surface area contributed by atoms with Crippen molar-refractivity contribution in [1.29, 1.82) is 0 Å². The van der Waals surface area contributed by atoms with E-state index in [1.54, 1.807) is 0 Å². The summed E-state index contributed by atoms with van der Waals surface area (Å²) in [6.45, 7) is 4.82. The van der Waals surface area contributed by atoms with E-state index in [9.17, 15) is 4.79 Å². The van der Waals surface area contributed by atoms with Gasteiger partial charge in [-0.1, -0.05) is 25.1 Å². The Morgan fingerprint density at radius 3 is 2.65 bits per heavy atom. The molecule has 3 rings (SSSR count). The van der Waals surface area contributed by atoms with Crippen molar-refractivity contribution in [3.8, 4) is 0 Å². The minimum Gasteiger partial charge on any atom is -0.354 e. The van der Waals surface area contributed by atoms with Crippen molar-refractivity contribution in [1.82, 2.24) is 10.6 Å². The molecule has 1 aliphatic heterocycles. The van der Waals surface area contributed by atoms with Crippen LogP contribution in [0, 0.1) is 11.8 Å². The van der Waals surface area contributed by atoms with Crippen molar-refractivity contribution in [2.24, 2.45) is 11.8 Å². The predicted molar refractivity (Wildman–Crippen MR) is 82.8 cm³/mol. The van der Waals surface area contributed by atoms with Gasteiger partial charge in [-0.05, 0) is 44.0 Å². The second-order valence-corrected chi connectivity index (χ2v) is 7.56. The largest absolute Gasteiger partial charge is 0.354 e. The molecule has 1 aromatic carbocycles. The molecule has 4 heteroatoms. The molecule has 1 aliphatic carbocycles. The fourth-order valence-electron chi connectivity index (χ4n) is 2.48. The molecule has 1 amide bonds. The first kappa shape index (κ1) is 14.0. The van der Waals surface area contributed by atoms with Crippen molar-refractivity contribution in [3.05, 3.63) is 30.3 Å². The molecule has 1 atom stereocenters. The van der Waals surface area contributed by atoms with Crippen LogP contribution in [0.25, 0.3) is 0 Å². The Bertz CT molecular complexity index is 469. The van der Waals surface area contributed by atoms with Gasteiger partial charge in [0.15, 0.2) is 0 Å². The Morgan fingerprint density at radius 2 is 2.10 bits per heavy atom. The Hall–Kier alpha value is -1.00. The van der Waals surface area contributed by atoms with Gasteiger partial charge in [-0.3, -0.25) is 4.79 Å². The van der Waals surface area contributed by atoms with E-state index in [0.29, 0.717) is 5.92 Å². The normalized spacial score (nSPS) is 21.9. The lowest BCUT2D eigenvalue weighted by Gasteiger charge is -2.32. The van der Waals surface area contributed by atoms with E-state index >= 15 is 0 Å². The van der Waals surface area contributed by atoms with Gasteiger partial charge in [0.25, 0.3) is 0 Å². The summed E-state index contributed by atoms with van der Waals surface area (Å²) in [5.74, 6) is 0.872. The number of amides is 1. The summed E-state index contributed by atoms with van der Waals surface area (Å²) in [7, 11) is 0. The number of hydrogen-bond acceptors (Lipinski definition) is 3. The third-order valence-corrected chi connectivity index (χ3v) is 5.90. The highest BCUT2D eigenvalue weighted by Gasteiger charge is 2.44. The van der Waals surface area contributed by atoms with Crippen LogP contribution in [0.15, 0.2) is 35.2 Å². The third-order valence-electron chi connectivity index (χ3n) is 4.40. The Morgan fingerprint density at radius 1 is 1.40 bits per heavy atom. The van der Waals surface area contributed by atoms with Crippen LogP contribution in [0.1, 0.15) is 19.8 Å². The van der Waals surface area contributed by atoms with E-state index in [-0.39, 0.29) is 16.6 Å². The van der Waals surface area contributed by atoms with Crippen molar-refractivity contribution < 1.29 is 4.79 Å². The van der Waals surface area contributed by atoms with E-state index in [1.807, 2.05) is 24.8 Å². The van der Waals surface area contributed by atoms with Gasteiger partial charge in [0.05, 0.1) is 0 Å². The van der Waals surface area contributed by atoms with E-state index in [0.717, 1.165) is 19.6 Å². The van der Waals surface area contributed by atoms with Gasteiger partial charge in [0.1, 0.15) is 0 Å². The summed E-state index contributed by atoms with van der Waals surface area (Å²) < 4.78 is 0.245. The Balaban J connectivity index is 1.49. The van der Waals surface area contributed by atoms with Gasteiger partial charge >= 0.3 is 0 Å². The zero-order valence-electron chi connectivity index (χ0n) is 11.9. The van der Waals surface area contributed by atoms with Gasteiger partial charge in [0, 0.05) is 22.1 Å². The topological polar surface area (TPSA) is 41.1 Å². The number of benzene rings is 1. The van der Waals surface area contributed by atoms with Crippen molar-refractivity contribution in [3.63, 3.8) is 0 Å². The summed E-state index contributed by atoms with van der Waals surface area (Å²) in [5, 5.41) is 6.40. The first-order chi connectivity index (χ1) is 9.69. The van der Waals surface area contributed by atoms with Crippen LogP contribution in [0.3, 0.4) is 0 Å². The molecular weight excluding hydrogens is 268 g/mol. The number of hydrogen-bond donors (Lipinski definition) is 2. The van der Waals surface area contributed by atoms with Gasteiger partial charge in [-0.25, -0.2) is 0 Å². The van der Waals surface area contributed by atoms with Gasteiger partial charge in [-0.2, -0.15) is 0 Å². The summed E-state index contributed by atoms with van der Waals surface area (Å²) in [6, 6.07) is 10.5. The second-order valence-electron chi connectivity index (χ2n) is 6.02. The molecule has 3 nitrogen and oxygen atoms in total. The van der Waals surface area contributed by atoms with Crippen molar-refractivity contribution in [2.75, 3.05) is 19.6 Å². The average Bonchev–Trinajstić information content (AvgIpc) is 3.15. The van der Waals surface area contributed by atoms with Crippen LogP contribution >= 0.6 is 11.8 Å². The van der Waals surface area contributed by atoms with Gasteiger partial charge < -0.3 is 10.6 Å². The molecule has 2 aliphatic rings. The summed E-state index contributed by atoms with van der Waals surface area (Å²) >= 11 is 1.91. The molecule has 0 bridgehead atoms. The Kier molecular flexibility index (Phi) is 4.03. The molecule has 0 spiro atoms. The SMILES string of the molecule is CC(C(=O)NCC1(Sc2ccccc2)CC1)C1CNC1. The van der Waals surface area contributed by atoms with Crippen LogP contribution < -0.4 is 10.6 Å². The van der Waals surface area contributed by atoms with Crippen LogP contribution in [0.2, 0.25) is 0 Å². The summed E-state index contributed by atoms with van der Waals surface area (Å²) in [5.41, 5.74) is 0. The molecule has 0 aromatic heterocycles. The van der Waals surface area contributed by atoms with Crippen LogP contribution in [-0.4, -0.2) is 30.3 Å². The Labute approximate surface area is 124 Å². The van der Waals surface area contributed by atoms with Crippen LogP contribution in [0.4, 0.5) is 0 Å². The molecule has 1 heterocycles. The smallest absolute Gasteiger partial charge is 0.223 e. The maximum atomic E-state index is 12.2. The summed E-state index contributed by atoms with van der Waals surface area (Å²) in [6.07, 6.45) is 2.40. The van der Waals surface area contributed by atoms with Crippen molar-refractivity contribution in [2.45, 2.75) is 29.4 Å². The first-order valence-corrected chi connectivity index (χ1v) is 8.23. The summed E-state index contributed by atoms with van der Waals surface area (Å²) in [4.78, 5) is 13.5. The molecule has 1 saturated heterocycles. The predicted octanol–water partition coefficient (Wildman–Crippen LogP) is 2.28. The molecule has 108 valence electrons. The number of carbonyl (C=O) groups is 1. The highest BCUT2D eigenvalue weighted by Crippen LogP contribution is 2.51. The van der Waals surface area contributed by atoms with E-state index in [4.69, 9.17) is 0 Å². The molecule has 1 unspecified atom stereocenters. The first-order valence-electron chi connectivity index (χ1n) is 7.41. The quantitative estimate of drug-likeness (QED) is 0.844. The lowest BCUT2D eigenvalue weighted by atomic mass is 9.88. The molecule has 1 saturated carbocycles. The average molecular weight is 290 g/mol. The molecule has 1 aromatic rings. The number of rotatable bonds is 6. The maximum absolute atomic E-state index is 12.2. The molecule has 2 N–H and O–H groups in total.